The quantitative estimate of drug-likeness (QED) is 0.783. The van der Waals surface area contributed by atoms with E-state index in [0.29, 0.717) is 12.3 Å². The molecule has 0 bridgehead atoms. The average Bonchev–Trinajstić information content (AvgIpc) is 2.16. The lowest BCUT2D eigenvalue weighted by Crippen LogP contribution is -2.13. The maximum atomic E-state index is 10.1. The predicted octanol–water partition coefficient (Wildman–Crippen LogP) is 2.71. The molecular weight excluding hydrogens is 186 g/mol. The molecule has 2 nitrogen and oxygen atoms in total. The van der Waals surface area contributed by atoms with Crippen molar-refractivity contribution >= 4 is 0 Å². The molecule has 1 aromatic carbocycles. The molecule has 0 heterocycles. The van der Waals surface area contributed by atoms with E-state index in [1.807, 2.05) is 19.1 Å². The van der Waals surface area contributed by atoms with Gasteiger partial charge in [0.2, 0.25) is 0 Å². The van der Waals surface area contributed by atoms with Crippen molar-refractivity contribution in [3.05, 3.63) is 28.8 Å². The zero-order valence-corrected chi connectivity index (χ0v) is 10.1. The molecule has 0 unspecified atom stereocenters. The highest BCUT2D eigenvalue weighted by atomic mass is 16.3. The smallest absolute Gasteiger partial charge is 0.122 e. The van der Waals surface area contributed by atoms with Gasteiger partial charge in [0.1, 0.15) is 5.75 Å². The summed E-state index contributed by atoms with van der Waals surface area (Å²) >= 11 is 0. The van der Waals surface area contributed by atoms with Gasteiger partial charge in [-0.1, -0.05) is 39.8 Å². The van der Waals surface area contributed by atoms with Gasteiger partial charge in [0, 0.05) is 6.54 Å². The molecule has 0 aliphatic heterocycles. The van der Waals surface area contributed by atoms with Gasteiger partial charge in [-0.15, -0.1) is 0 Å². The van der Waals surface area contributed by atoms with Gasteiger partial charge in [0.15, 0.2) is 0 Å². The van der Waals surface area contributed by atoms with Gasteiger partial charge in [-0.3, -0.25) is 0 Å². The summed E-state index contributed by atoms with van der Waals surface area (Å²) in [4.78, 5) is 0. The monoisotopic (exact) mass is 207 g/mol. The molecule has 0 aliphatic carbocycles. The van der Waals surface area contributed by atoms with E-state index in [-0.39, 0.29) is 5.41 Å². The normalized spacial score (nSPS) is 11.8. The van der Waals surface area contributed by atoms with Crippen molar-refractivity contribution in [2.24, 2.45) is 5.73 Å². The molecule has 0 saturated heterocycles. The van der Waals surface area contributed by atoms with Gasteiger partial charge in [-0.25, -0.2) is 0 Å². The standard InChI is InChI=1S/C13H21NO/c1-5-10-6-9(8-14)7-11(12(10)15)13(2,3)4/h6-7,15H,5,8,14H2,1-4H3. The minimum atomic E-state index is -0.0425. The Morgan fingerprint density at radius 1 is 1.27 bits per heavy atom. The number of phenolic OH excluding ortho intramolecular Hbond substituents is 1. The molecule has 0 fully saturated rings. The molecule has 0 atom stereocenters. The van der Waals surface area contributed by atoms with Gasteiger partial charge in [-0.05, 0) is 28.5 Å². The number of aromatic hydroxyl groups is 1. The summed E-state index contributed by atoms with van der Waals surface area (Å²) in [5.41, 5.74) is 8.68. The van der Waals surface area contributed by atoms with E-state index < -0.39 is 0 Å². The first-order chi connectivity index (χ1) is 6.90. The Kier molecular flexibility index (Phi) is 3.40. The summed E-state index contributed by atoms with van der Waals surface area (Å²) in [7, 11) is 0. The van der Waals surface area contributed by atoms with Gasteiger partial charge in [0.05, 0.1) is 0 Å². The maximum Gasteiger partial charge on any atom is 0.122 e. The zero-order chi connectivity index (χ0) is 11.6. The Hall–Kier alpha value is -1.02. The van der Waals surface area contributed by atoms with Gasteiger partial charge in [0.25, 0.3) is 0 Å². The van der Waals surface area contributed by atoms with E-state index in [1.165, 1.54) is 0 Å². The maximum absolute atomic E-state index is 10.1. The minimum absolute atomic E-state index is 0.0425. The van der Waals surface area contributed by atoms with E-state index in [4.69, 9.17) is 5.73 Å². The van der Waals surface area contributed by atoms with Gasteiger partial charge < -0.3 is 10.8 Å². The third-order valence-electron chi connectivity index (χ3n) is 2.67. The van der Waals surface area contributed by atoms with E-state index >= 15 is 0 Å². The second-order valence-electron chi connectivity index (χ2n) is 4.96. The molecule has 1 aromatic rings. The van der Waals surface area contributed by atoms with Crippen molar-refractivity contribution in [3.63, 3.8) is 0 Å². The number of aryl methyl sites for hydroxylation is 1. The van der Waals surface area contributed by atoms with Crippen molar-refractivity contribution in [2.75, 3.05) is 0 Å². The summed E-state index contributed by atoms with van der Waals surface area (Å²) in [6.45, 7) is 8.86. The highest BCUT2D eigenvalue weighted by Crippen LogP contribution is 2.34. The van der Waals surface area contributed by atoms with E-state index in [9.17, 15) is 5.11 Å². The van der Waals surface area contributed by atoms with Crippen LogP contribution in [-0.4, -0.2) is 5.11 Å². The van der Waals surface area contributed by atoms with Crippen molar-refractivity contribution in [1.29, 1.82) is 0 Å². The summed E-state index contributed by atoms with van der Waals surface area (Å²) in [6.07, 6.45) is 0.836. The lowest BCUT2D eigenvalue weighted by atomic mass is 9.83. The molecular formula is C13H21NO. The molecule has 15 heavy (non-hydrogen) atoms. The topological polar surface area (TPSA) is 46.2 Å². The van der Waals surface area contributed by atoms with Gasteiger partial charge >= 0.3 is 0 Å². The molecule has 1 rings (SSSR count). The first-order valence-electron chi connectivity index (χ1n) is 5.45. The van der Waals surface area contributed by atoms with Crippen LogP contribution in [0.1, 0.15) is 44.4 Å². The van der Waals surface area contributed by atoms with E-state index in [0.717, 1.165) is 23.1 Å². The van der Waals surface area contributed by atoms with Crippen LogP contribution in [0.2, 0.25) is 0 Å². The van der Waals surface area contributed by atoms with Crippen LogP contribution in [0.15, 0.2) is 12.1 Å². The van der Waals surface area contributed by atoms with Crippen LogP contribution in [0.5, 0.6) is 5.75 Å². The molecule has 3 N–H and O–H groups in total. The third kappa shape index (κ3) is 2.51. The van der Waals surface area contributed by atoms with Crippen LogP contribution in [0.3, 0.4) is 0 Å². The number of phenols is 1. The van der Waals surface area contributed by atoms with Crippen molar-refractivity contribution in [3.8, 4) is 5.75 Å². The van der Waals surface area contributed by atoms with Crippen molar-refractivity contribution in [2.45, 2.75) is 46.1 Å². The fourth-order valence-electron chi connectivity index (χ4n) is 1.72. The van der Waals surface area contributed by atoms with Crippen LogP contribution >= 0.6 is 0 Å². The van der Waals surface area contributed by atoms with E-state index in [1.54, 1.807) is 0 Å². The van der Waals surface area contributed by atoms with Crippen LogP contribution in [0.4, 0.5) is 0 Å². The molecule has 0 aromatic heterocycles. The van der Waals surface area contributed by atoms with Crippen LogP contribution in [0, 0.1) is 0 Å². The summed E-state index contributed by atoms with van der Waals surface area (Å²) in [5, 5.41) is 10.1. The Balaban J connectivity index is 3.37. The van der Waals surface area contributed by atoms with Crippen LogP contribution < -0.4 is 5.73 Å². The molecule has 0 aliphatic rings. The number of benzene rings is 1. The summed E-state index contributed by atoms with van der Waals surface area (Å²) < 4.78 is 0. The minimum Gasteiger partial charge on any atom is -0.507 e. The Labute approximate surface area is 92.1 Å². The largest absolute Gasteiger partial charge is 0.507 e. The lowest BCUT2D eigenvalue weighted by molar-refractivity contribution is 0.440. The number of nitrogens with two attached hydrogens (primary N) is 1. The average molecular weight is 207 g/mol. The molecule has 2 heteroatoms. The Morgan fingerprint density at radius 3 is 2.27 bits per heavy atom. The summed E-state index contributed by atoms with van der Waals surface area (Å²) in [5.74, 6) is 0.433. The molecule has 84 valence electrons. The zero-order valence-electron chi connectivity index (χ0n) is 10.1. The highest BCUT2D eigenvalue weighted by molar-refractivity contribution is 5.47. The van der Waals surface area contributed by atoms with Crippen LogP contribution in [-0.2, 0) is 18.4 Å². The first-order valence-corrected chi connectivity index (χ1v) is 5.45. The summed E-state index contributed by atoms with van der Waals surface area (Å²) in [6, 6.07) is 4.00. The first kappa shape index (κ1) is 12.1. The number of rotatable bonds is 2. The van der Waals surface area contributed by atoms with Crippen molar-refractivity contribution < 1.29 is 5.11 Å². The Bertz CT molecular complexity index is 350. The van der Waals surface area contributed by atoms with E-state index in [2.05, 4.69) is 20.8 Å². The second-order valence-corrected chi connectivity index (χ2v) is 4.96. The second kappa shape index (κ2) is 4.23. The number of hydrogen-bond donors (Lipinski definition) is 2. The predicted molar refractivity (Wildman–Crippen MR) is 64.1 cm³/mol. The SMILES string of the molecule is CCc1cc(CN)cc(C(C)(C)C)c1O. The molecule has 0 saturated carbocycles. The number of hydrogen-bond acceptors (Lipinski definition) is 2. The lowest BCUT2D eigenvalue weighted by Gasteiger charge is -2.23. The molecule has 0 radical (unpaired) electrons. The highest BCUT2D eigenvalue weighted by Gasteiger charge is 2.20. The molecule has 0 amide bonds. The van der Waals surface area contributed by atoms with Crippen molar-refractivity contribution in [1.82, 2.24) is 0 Å². The van der Waals surface area contributed by atoms with Crippen LogP contribution in [0.25, 0.3) is 0 Å². The van der Waals surface area contributed by atoms with Gasteiger partial charge in [-0.2, -0.15) is 0 Å². The molecule has 0 spiro atoms. The fraction of sp³-hybridized carbons (Fsp3) is 0.538. The fourth-order valence-corrected chi connectivity index (χ4v) is 1.72. The Morgan fingerprint density at radius 2 is 1.87 bits per heavy atom. The third-order valence-corrected chi connectivity index (χ3v) is 2.67.